The highest BCUT2D eigenvalue weighted by atomic mass is 32.2. The number of hydrogen-bond donors (Lipinski definition) is 0. The number of carbonyl (C=O) groups excluding carboxylic acids is 1. The van der Waals surface area contributed by atoms with Crippen LogP contribution in [0.25, 0.3) is 4.96 Å². The number of ether oxygens (including phenoxy) is 1. The van der Waals surface area contributed by atoms with Gasteiger partial charge in [0.15, 0.2) is 4.96 Å². The smallest absolute Gasteiger partial charge is 0.338 e. The number of thioether (sulfide) groups is 1. The lowest BCUT2D eigenvalue weighted by Gasteiger charge is -2.06. The zero-order valence-corrected chi connectivity index (χ0v) is 14.6. The number of nitrogens with zero attached hydrogens (tertiary/aromatic N) is 2. The van der Waals surface area contributed by atoms with Crippen LogP contribution in [-0.2, 0) is 11.3 Å². The lowest BCUT2D eigenvalue weighted by molar-refractivity contribution is 0.0467. The number of hydrogen-bond acceptors (Lipinski definition) is 6. The summed E-state index contributed by atoms with van der Waals surface area (Å²) in [6.07, 6.45) is 0. The van der Waals surface area contributed by atoms with E-state index < -0.39 is 11.7 Å². The number of aryl methyl sites for hydroxylation is 1. The van der Waals surface area contributed by atoms with Gasteiger partial charge in [-0.1, -0.05) is 11.8 Å². The zero-order chi connectivity index (χ0) is 18.0. The molecule has 0 N–H and O–H groups in total. The molecule has 1 aromatic carbocycles. The Labute approximate surface area is 149 Å². The van der Waals surface area contributed by atoms with Crippen molar-refractivity contribution in [2.45, 2.75) is 24.2 Å². The largest absolute Gasteiger partial charge is 0.456 e. The van der Waals surface area contributed by atoms with E-state index in [0.717, 1.165) is 5.69 Å². The molecule has 25 heavy (non-hydrogen) atoms. The summed E-state index contributed by atoms with van der Waals surface area (Å²) < 4.78 is 31.2. The quantitative estimate of drug-likeness (QED) is 0.497. The van der Waals surface area contributed by atoms with E-state index in [4.69, 9.17) is 4.74 Å². The number of esters is 1. The molecule has 2 heterocycles. The first kappa shape index (κ1) is 17.6. The third-order valence-electron chi connectivity index (χ3n) is 3.29. The van der Waals surface area contributed by atoms with Crippen molar-refractivity contribution in [3.8, 4) is 0 Å². The topological polar surface area (TPSA) is 60.7 Å². The van der Waals surface area contributed by atoms with Gasteiger partial charge in [-0.05, 0) is 31.2 Å². The molecular weight excluding hydrogens is 370 g/mol. The van der Waals surface area contributed by atoms with E-state index >= 15 is 0 Å². The SMILES string of the molecule is Cc1csc2nc(COC(=O)c3ccc(SC(F)F)cc3)cc(=O)n12. The molecule has 3 aromatic rings. The molecule has 0 fully saturated rings. The summed E-state index contributed by atoms with van der Waals surface area (Å²) in [5.41, 5.74) is 1.15. The van der Waals surface area contributed by atoms with Crippen LogP contribution in [0.1, 0.15) is 21.7 Å². The third-order valence-corrected chi connectivity index (χ3v) is 4.96. The average Bonchev–Trinajstić information content (AvgIpc) is 2.94. The van der Waals surface area contributed by atoms with Crippen molar-refractivity contribution in [2.75, 3.05) is 0 Å². The number of benzene rings is 1. The molecule has 3 rings (SSSR count). The van der Waals surface area contributed by atoms with E-state index in [1.807, 2.05) is 12.3 Å². The van der Waals surface area contributed by atoms with E-state index in [9.17, 15) is 18.4 Å². The highest BCUT2D eigenvalue weighted by molar-refractivity contribution is 7.99. The van der Waals surface area contributed by atoms with Crippen molar-refractivity contribution in [3.05, 3.63) is 63.0 Å². The predicted octanol–water partition coefficient (Wildman–Crippen LogP) is 3.74. The standard InChI is InChI=1S/C16H12F2N2O3S2/c1-9-8-24-16-19-11(6-13(21)20(9)16)7-23-14(22)10-2-4-12(5-3-10)25-15(17)18/h2-6,8,15H,7H2,1H3. The Morgan fingerprint density at radius 1 is 1.36 bits per heavy atom. The van der Waals surface area contributed by atoms with Crippen molar-refractivity contribution in [2.24, 2.45) is 0 Å². The predicted molar refractivity (Wildman–Crippen MR) is 91.5 cm³/mol. The van der Waals surface area contributed by atoms with Gasteiger partial charge in [0.05, 0.1) is 11.3 Å². The number of carbonyl (C=O) groups is 1. The number of thiazole rings is 1. The van der Waals surface area contributed by atoms with E-state index in [2.05, 4.69) is 4.98 Å². The van der Waals surface area contributed by atoms with Crippen molar-refractivity contribution >= 4 is 34.0 Å². The number of alkyl halides is 2. The van der Waals surface area contributed by atoms with Crippen molar-refractivity contribution in [1.82, 2.24) is 9.38 Å². The van der Waals surface area contributed by atoms with Crippen molar-refractivity contribution in [3.63, 3.8) is 0 Å². The molecule has 5 nitrogen and oxygen atoms in total. The lowest BCUT2D eigenvalue weighted by atomic mass is 10.2. The molecule has 0 unspecified atom stereocenters. The van der Waals surface area contributed by atoms with Crippen LogP contribution in [0.2, 0.25) is 0 Å². The van der Waals surface area contributed by atoms with Gasteiger partial charge in [0.2, 0.25) is 0 Å². The zero-order valence-electron chi connectivity index (χ0n) is 12.9. The molecule has 9 heteroatoms. The first-order valence-electron chi connectivity index (χ1n) is 7.13. The van der Waals surface area contributed by atoms with Crippen LogP contribution in [-0.4, -0.2) is 21.1 Å². The summed E-state index contributed by atoms with van der Waals surface area (Å²) >= 11 is 1.73. The Morgan fingerprint density at radius 3 is 2.76 bits per heavy atom. The van der Waals surface area contributed by atoms with Gasteiger partial charge in [0.25, 0.3) is 11.3 Å². The molecule has 0 aliphatic carbocycles. The minimum atomic E-state index is -2.51. The van der Waals surface area contributed by atoms with Crippen LogP contribution >= 0.6 is 23.1 Å². The van der Waals surface area contributed by atoms with Gasteiger partial charge in [-0.2, -0.15) is 8.78 Å². The molecule has 0 saturated carbocycles. The second-order valence-electron chi connectivity index (χ2n) is 5.06. The van der Waals surface area contributed by atoms with Crippen LogP contribution in [0.15, 0.2) is 45.4 Å². The second kappa shape index (κ2) is 7.32. The molecule has 130 valence electrons. The Hall–Kier alpha value is -2.26. The van der Waals surface area contributed by atoms with E-state index in [1.165, 1.54) is 46.1 Å². The van der Waals surface area contributed by atoms with Gasteiger partial charge in [-0.15, -0.1) is 11.3 Å². The Kier molecular flexibility index (Phi) is 5.14. The van der Waals surface area contributed by atoms with Gasteiger partial charge in [-0.3, -0.25) is 9.20 Å². The highest BCUT2D eigenvalue weighted by Crippen LogP contribution is 2.25. The first-order valence-corrected chi connectivity index (χ1v) is 8.89. The molecule has 0 aliphatic rings. The second-order valence-corrected chi connectivity index (χ2v) is 6.96. The first-order chi connectivity index (χ1) is 11.9. The fourth-order valence-electron chi connectivity index (χ4n) is 2.17. The summed E-state index contributed by atoms with van der Waals surface area (Å²) in [7, 11) is 0. The maximum Gasteiger partial charge on any atom is 0.338 e. The van der Waals surface area contributed by atoms with Crippen LogP contribution in [0.4, 0.5) is 8.78 Å². The molecule has 0 saturated heterocycles. The number of aromatic nitrogens is 2. The molecule has 2 aromatic heterocycles. The van der Waals surface area contributed by atoms with Gasteiger partial charge >= 0.3 is 5.97 Å². The van der Waals surface area contributed by atoms with E-state index in [-0.39, 0.29) is 17.7 Å². The number of halogens is 2. The minimum absolute atomic E-state index is 0.144. The van der Waals surface area contributed by atoms with Crippen molar-refractivity contribution < 1.29 is 18.3 Å². The molecule has 0 amide bonds. The summed E-state index contributed by atoms with van der Waals surface area (Å²) in [5, 5.41) is 1.82. The maximum atomic E-state index is 12.3. The summed E-state index contributed by atoms with van der Waals surface area (Å²) in [6.45, 7) is 1.66. The highest BCUT2D eigenvalue weighted by Gasteiger charge is 2.12. The Balaban J connectivity index is 1.69. The van der Waals surface area contributed by atoms with Gasteiger partial charge in [-0.25, -0.2) is 9.78 Å². The summed E-state index contributed by atoms with van der Waals surface area (Å²) in [5.74, 6) is -3.13. The Morgan fingerprint density at radius 2 is 2.08 bits per heavy atom. The fourth-order valence-corrected chi connectivity index (χ4v) is 3.56. The molecule has 0 aliphatic heterocycles. The Bertz CT molecular complexity index is 968. The van der Waals surface area contributed by atoms with E-state index in [1.54, 1.807) is 0 Å². The molecule has 0 bridgehead atoms. The fraction of sp³-hybridized carbons (Fsp3) is 0.188. The van der Waals surface area contributed by atoms with Crippen LogP contribution in [0.3, 0.4) is 0 Å². The molecular formula is C16H12F2N2O3S2. The molecule has 0 radical (unpaired) electrons. The number of fused-ring (bicyclic) bond motifs is 1. The van der Waals surface area contributed by atoms with Gasteiger partial charge < -0.3 is 4.74 Å². The van der Waals surface area contributed by atoms with E-state index in [0.29, 0.717) is 27.3 Å². The van der Waals surface area contributed by atoms with Crippen molar-refractivity contribution in [1.29, 1.82) is 0 Å². The normalized spacial score (nSPS) is 11.2. The average molecular weight is 382 g/mol. The molecule has 0 atom stereocenters. The maximum absolute atomic E-state index is 12.3. The van der Waals surface area contributed by atoms with Gasteiger partial charge in [0, 0.05) is 22.0 Å². The monoisotopic (exact) mass is 382 g/mol. The summed E-state index contributed by atoms with van der Waals surface area (Å²) in [4.78, 5) is 29.2. The lowest BCUT2D eigenvalue weighted by Crippen LogP contribution is -2.16. The minimum Gasteiger partial charge on any atom is -0.456 e. The van der Waals surface area contributed by atoms with Crippen LogP contribution < -0.4 is 5.56 Å². The van der Waals surface area contributed by atoms with Crippen LogP contribution in [0, 0.1) is 6.92 Å². The number of rotatable bonds is 5. The third kappa shape index (κ3) is 4.05. The van der Waals surface area contributed by atoms with Crippen LogP contribution in [0.5, 0.6) is 0 Å². The van der Waals surface area contributed by atoms with Gasteiger partial charge in [0.1, 0.15) is 6.61 Å². The summed E-state index contributed by atoms with van der Waals surface area (Å²) in [6, 6.07) is 7.02. The molecule has 0 spiro atoms.